The summed E-state index contributed by atoms with van der Waals surface area (Å²) in [5, 5.41) is 3.30. The summed E-state index contributed by atoms with van der Waals surface area (Å²) in [7, 11) is 0. The predicted molar refractivity (Wildman–Crippen MR) is 105 cm³/mol. The first-order valence-corrected chi connectivity index (χ1v) is 8.49. The second-order valence-electron chi connectivity index (χ2n) is 6.19. The molecule has 0 radical (unpaired) electrons. The number of benzene rings is 3. The summed E-state index contributed by atoms with van der Waals surface area (Å²) in [6.07, 6.45) is 0. The van der Waals surface area contributed by atoms with Gasteiger partial charge in [0.15, 0.2) is 0 Å². The zero-order valence-corrected chi connectivity index (χ0v) is 14.6. The highest BCUT2D eigenvalue weighted by Crippen LogP contribution is 2.27. The van der Waals surface area contributed by atoms with Gasteiger partial charge in [-0.2, -0.15) is 0 Å². The Labute approximate surface area is 155 Å². The van der Waals surface area contributed by atoms with Crippen LogP contribution in [0.2, 0.25) is 0 Å². The maximum Gasteiger partial charge on any atom is 0.347 e. The maximum absolute atomic E-state index is 12.6. The van der Waals surface area contributed by atoms with Crippen LogP contribution < -0.4 is 10.9 Å². The Balaban J connectivity index is 1.76. The van der Waals surface area contributed by atoms with E-state index in [0.29, 0.717) is 27.7 Å². The van der Waals surface area contributed by atoms with Gasteiger partial charge in [0.05, 0.1) is 22.2 Å². The van der Waals surface area contributed by atoms with Crippen molar-refractivity contribution in [3.05, 3.63) is 94.3 Å². The standard InChI is InChI=1S/C22H16N2O3/c1-14-7-6-8-15(13-14)20(25)23-18-11-4-2-9-16(18)21-24-19-12-5-3-10-17(19)22(26)27-21/h2-13H,1H3,(H,23,25). The van der Waals surface area contributed by atoms with Gasteiger partial charge in [0.1, 0.15) is 0 Å². The lowest BCUT2D eigenvalue weighted by Crippen LogP contribution is -2.13. The first-order valence-electron chi connectivity index (χ1n) is 8.49. The van der Waals surface area contributed by atoms with Crippen molar-refractivity contribution in [2.75, 3.05) is 5.32 Å². The topological polar surface area (TPSA) is 72.2 Å². The molecule has 0 aliphatic carbocycles. The minimum absolute atomic E-state index is 0.166. The molecule has 1 amide bonds. The van der Waals surface area contributed by atoms with Crippen LogP contribution in [0.1, 0.15) is 15.9 Å². The van der Waals surface area contributed by atoms with Gasteiger partial charge in [0, 0.05) is 5.56 Å². The molecule has 0 aliphatic heterocycles. The number of anilines is 1. The van der Waals surface area contributed by atoms with Crippen molar-refractivity contribution in [3.63, 3.8) is 0 Å². The summed E-state index contributed by atoms with van der Waals surface area (Å²) in [4.78, 5) is 29.3. The van der Waals surface area contributed by atoms with Crippen LogP contribution in [0.3, 0.4) is 0 Å². The summed E-state index contributed by atoms with van der Waals surface area (Å²) in [5.41, 5.74) is 2.70. The van der Waals surface area contributed by atoms with Gasteiger partial charge < -0.3 is 9.73 Å². The molecule has 4 aromatic rings. The number of hydrogen-bond donors (Lipinski definition) is 1. The average Bonchev–Trinajstić information content (AvgIpc) is 2.68. The Morgan fingerprint density at radius 3 is 2.59 bits per heavy atom. The van der Waals surface area contributed by atoms with E-state index in [1.165, 1.54) is 0 Å². The molecule has 0 saturated carbocycles. The van der Waals surface area contributed by atoms with Gasteiger partial charge in [-0.25, -0.2) is 9.78 Å². The molecule has 3 aromatic carbocycles. The van der Waals surface area contributed by atoms with Crippen molar-refractivity contribution in [1.82, 2.24) is 4.98 Å². The number of nitrogens with zero attached hydrogens (tertiary/aromatic N) is 1. The molecule has 0 saturated heterocycles. The lowest BCUT2D eigenvalue weighted by atomic mass is 10.1. The molecule has 4 rings (SSSR count). The van der Waals surface area contributed by atoms with E-state index in [2.05, 4.69) is 10.3 Å². The number of aryl methyl sites for hydroxylation is 1. The quantitative estimate of drug-likeness (QED) is 0.590. The lowest BCUT2D eigenvalue weighted by Gasteiger charge is -2.10. The van der Waals surface area contributed by atoms with E-state index in [1.807, 2.05) is 31.2 Å². The zero-order chi connectivity index (χ0) is 18.8. The van der Waals surface area contributed by atoms with Crippen LogP contribution >= 0.6 is 0 Å². The van der Waals surface area contributed by atoms with E-state index >= 15 is 0 Å². The SMILES string of the molecule is Cc1cccc(C(=O)Nc2ccccc2-c2nc3ccccc3c(=O)o2)c1. The number of hydrogen-bond acceptors (Lipinski definition) is 4. The summed E-state index contributed by atoms with van der Waals surface area (Å²) < 4.78 is 5.41. The molecule has 0 fully saturated rings. The first kappa shape index (κ1) is 16.7. The smallest absolute Gasteiger partial charge is 0.347 e. The molecule has 0 bridgehead atoms. The summed E-state index contributed by atoms with van der Waals surface area (Å²) >= 11 is 0. The normalized spacial score (nSPS) is 10.7. The van der Waals surface area contributed by atoms with Crippen LogP contribution in [0.4, 0.5) is 5.69 Å². The molecule has 132 valence electrons. The van der Waals surface area contributed by atoms with Gasteiger partial charge >= 0.3 is 5.63 Å². The van der Waals surface area contributed by atoms with E-state index in [-0.39, 0.29) is 11.8 Å². The average molecular weight is 356 g/mol. The third-order valence-corrected chi connectivity index (χ3v) is 4.22. The van der Waals surface area contributed by atoms with Gasteiger partial charge in [0.25, 0.3) is 5.91 Å². The molecule has 0 aliphatic rings. The van der Waals surface area contributed by atoms with Crippen LogP contribution in [-0.2, 0) is 0 Å². The molecule has 0 unspecified atom stereocenters. The highest BCUT2D eigenvalue weighted by atomic mass is 16.4. The predicted octanol–water partition coefficient (Wildman–Crippen LogP) is 4.42. The van der Waals surface area contributed by atoms with E-state index in [1.54, 1.807) is 48.5 Å². The monoisotopic (exact) mass is 356 g/mol. The third kappa shape index (κ3) is 3.35. The summed E-state index contributed by atoms with van der Waals surface area (Å²) in [6.45, 7) is 1.93. The van der Waals surface area contributed by atoms with E-state index in [0.717, 1.165) is 5.56 Å². The highest BCUT2D eigenvalue weighted by molar-refractivity contribution is 6.06. The molecule has 27 heavy (non-hydrogen) atoms. The molecular formula is C22H16N2O3. The maximum atomic E-state index is 12.6. The number of carbonyl (C=O) groups excluding carboxylic acids is 1. The molecule has 1 heterocycles. The van der Waals surface area contributed by atoms with E-state index in [9.17, 15) is 9.59 Å². The Kier molecular flexibility index (Phi) is 4.26. The molecule has 1 N–H and O–H groups in total. The number of amides is 1. The minimum atomic E-state index is -0.463. The molecule has 0 atom stereocenters. The number of carbonyl (C=O) groups is 1. The molecule has 1 aromatic heterocycles. The largest absolute Gasteiger partial charge is 0.403 e. The second-order valence-corrected chi connectivity index (χ2v) is 6.19. The van der Waals surface area contributed by atoms with E-state index < -0.39 is 5.63 Å². The highest BCUT2D eigenvalue weighted by Gasteiger charge is 2.14. The van der Waals surface area contributed by atoms with Crippen LogP contribution in [0.15, 0.2) is 82.0 Å². The zero-order valence-electron chi connectivity index (χ0n) is 14.6. The van der Waals surface area contributed by atoms with Crippen LogP contribution in [0.5, 0.6) is 0 Å². The van der Waals surface area contributed by atoms with Crippen LogP contribution in [-0.4, -0.2) is 10.9 Å². The molecular weight excluding hydrogens is 340 g/mol. The molecule has 5 nitrogen and oxygen atoms in total. The van der Waals surface area contributed by atoms with Crippen molar-refractivity contribution in [2.45, 2.75) is 6.92 Å². The van der Waals surface area contributed by atoms with Crippen LogP contribution in [0.25, 0.3) is 22.4 Å². The Bertz CT molecular complexity index is 1210. The number of fused-ring (bicyclic) bond motifs is 1. The van der Waals surface area contributed by atoms with Crippen LogP contribution in [0, 0.1) is 6.92 Å². The number of nitrogens with one attached hydrogen (secondary N) is 1. The van der Waals surface area contributed by atoms with E-state index in [4.69, 9.17) is 4.42 Å². The van der Waals surface area contributed by atoms with Gasteiger partial charge in [-0.05, 0) is 43.3 Å². The van der Waals surface area contributed by atoms with Crippen molar-refractivity contribution in [1.29, 1.82) is 0 Å². The molecule has 0 spiro atoms. The third-order valence-electron chi connectivity index (χ3n) is 4.22. The number of para-hydroxylation sites is 2. The lowest BCUT2D eigenvalue weighted by molar-refractivity contribution is 0.102. The van der Waals surface area contributed by atoms with Gasteiger partial charge in [-0.3, -0.25) is 4.79 Å². The van der Waals surface area contributed by atoms with Gasteiger partial charge in [-0.15, -0.1) is 0 Å². The van der Waals surface area contributed by atoms with Crippen molar-refractivity contribution >= 4 is 22.5 Å². The molecule has 5 heteroatoms. The van der Waals surface area contributed by atoms with Gasteiger partial charge in [0.2, 0.25) is 5.89 Å². The fourth-order valence-corrected chi connectivity index (χ4v) is 2.89. The minimum Gasteiger partial charge on any atom is -0.403 e. The second kappa shape index (κ2) is 6.88. The van der Waals surface area contributed by atoms with Crippen molar-refractivity contribution in [3.8, 4) is 11.5 Å². The van der Waals surface area contributed by atoms with Crippen molar-refractivity contribution in [2.24, 2.45) is 0 Å². The first-order chi connectivity index (χ1) is 13.1. The number of aromatic nitrogens is 1. The fourth-order valence-electron chi connectivity index (χ4n) is 2.89. The fraction of sp³-hybridized carbons (Fsp3) is 0.0455. The Morgan fingerprint density at radius 2 is 1.74 bits per heavy atom. The Morgan fingerprint density at radius 1 is 0.963 bits per heavy atom. The summed E-state index contributed by atoms with van der Waals surface area (Å²) in [6, 6.07) is 21.4. The summed E-state index contributed by atoms with van der Waals surface area (Å²) in [5.74, 6) is -0.0758. The van der Waals surface area contributed by atoms with Crippen molar-refractivity contribution < 1.29 is 9.21 Å². The number of rotatable bonds is 3. The van der Waals surface area contributed by atoms with Gasteiger partial charge in [-0.1, -0.05) is 42.0 Å². The Hall–Kier alpha value is -3.73.